The Morgan fingerprint density at radius 1 is 1.35 bits per heavy atom. The maximum atomic E-state index is 13.2. The molecule has 0 aliphatic carbocycles. The molecular formula is C15H14FN3O. The summed E-state index contributed by atoms with van der Waals surface area (Å²) in [6.45, 7) is 0.521. The second-order valence-corrected chi connectivity index (χ2v) is 4.80. The average Bonchev–Trinajstić information content (AvgIpc) is 2.47. The fourth-order valence-corrected chi connectivity index (χ4v) is 2.49. The van der Waals surface area contributed by atoms with Crippen molar-refractivity contribution in [2.75, 3.05) is 11.4 Å². The van der Waals surface area contributed by atoms with Crippen LogP contribution in [0.4, 0.5) is 10.1 Å². The zero-order valence-corrected chi connectivity index (χ0v) is 10.8. The number of pyridine rings is 1. The van der Waals surface area contributed by atoms with E-state index in [0.29, 0.717) is 13.0 Å². The molecule has 102 valence electrons. The fourth-order valence-electron chi connectivity index (χ4n) is 2.49. The van der Waals surface area contributed by atoms with Crippen molar-refractivity contribution in [2.45, 2.75) is 12.5 Å². The first-order chi connectivity index (χ1) is 9.66. The molecule has 1 atom stereocenters. The third-order valence-corrected chi connectivity index (χ3v) is 3.49. The molecule has 2 aromatic rings. The Hall–Kier alpha value is -2.27. The van der Waals surface area contributed by atoms with Gasteiger partial charge in [0.25, 0.3) is 5.91 Å². The molecule has 0 radical (unpaired) electrons. The number of carbonyl (C=O) groups excluding carboxylic acids is 1. The van der Waals surface area contributed by atoms with E-state index in [-0.39, 0.29) is 17.5 Å². The van der Waals surface area contributed by atoms with Gasteiger partial charge in [0, 0.05) is 24.5 Å². The monoisotopic (exact) mass is 271 g/mol. The molecule has 0 saturated carbocycles. The first-order valence-electron chi connectivity index (χ1n) is 6.44. The van der Waals surface area contributed by atoms with Crippen molar-refractivity contribution in [1.29, 1.82) is 0 Å². The van der Waals surface area contributed by atoms with Gasteiger partial charge in [0.2, 0.25) is 0 Å². The van der Waals surface area contributed by atoms with Crippen LogP contribution >= 0.6 is 0 Å². The molecule has 0 spiro atoms. The summed E-state index contributed by atoms with van der Waals surface area (Å²) in [5, 5.41) is 0. The summed E-state index contributed by atoms with van der Waals surface area (Å²) in [4.78, 5) is 17.9. The van der Waals surface area contributed by atoms with Gasteiger partial charge in [-0.2, -0.15) is 0 Å². The molecule has 1 aromatic heterocycles. The maximum absolute atomic E-state index is 13.2. The van der Waals surface area contributed by atoms with Crippen LogP contribution in [0, 0.1) is 5.82 Å². The summed E-state index contributed by atoms with van der Waals surface area (Å²) in [5.74, 6) is -0.769. The predicted molar refractivity (Wildman–Crippen MR) is 73.9 cm³/mol. The summed E-state index contributed by atoms with van der Waals surface area (Å²) < 4.78 is 13.2. The number of aromatic nitrogens is 1. The minimum Gasteiger partial charge on any atom is -0.324 e. The SMILES string of the molecule is NC1CCN(C(=O)c2cncc(F)c2)c2ccccc21. The molecule has 0 saturated heterocycles. The van der Waals surface area contributed by atoms with Gasteiger partial charge < -0.3 is 10.6 Å². The van der Waals surface area contributed by atoms with Crippen LogP contribution in [0.1, 0.15) is 28.4 Å². The summed E-state index contributed by atoms with van der Waals surface area (Å²) >= 11 is 0. The highest BCUT2D eigenvalue weighted by Gasteiger charge is 2.27. The number of halogens is 1. The number of nitrogens with zero attached hydrogens (tertiary/aromatic N) is 2. The molecule has 0 fully saturated rings. The molecule has 2 heterocycles. The van der Waals surface area contributed by atoms with Crippen molar-refractivity contribution < 1.29 is 9.18 Å². The highest BCUT2D eigenvalue weighted by molar-refractivity contribution is 6.06. The molecule has 1 aliphatic rings. The van der Waals surface area contributed by atoms with Crippen molar-refractivity contribution in [2.24, 2.45) is 5.73 Å². The molecule has 1 aromatic carbocycles. The standard InChI is InChI=1S/C15H14FN3O/c16-11-7-10(8-18-9-11)15(20)19-6-5-13(17)12-3-1-2-4-14(12)19/h1-4,7-9,13H,5-6,17H2. The summed E-state index contributed by atoms with van der Waals surface area (Å²) in [7, 11) is 0. The lowest BCUT2D eigenvalue weighted by Crippen LogP contribution is -2.38. The van der Waals surface area contributed by atoms with Gasteiger partial charge in [-0.05, 0) is 24.1 Å². The van der Waals surface area contributed by atoms with E-state index in [2.05, 4.69) is 4.98 Å². The molecule has 0 bridgehead atoms. The summed E-state index contributed by atoms with van der Waals surface area (Å²) in [6.07, 6.45) is 3.14. The smallest absolute Gasteiger partial charge is 0.259 e. The van der Waals surface area contributed by atoms with E-state index in [1.807, 2.05) is 24.3 Å². The van der Waals surface area contributed by atoms with E-state index in [4.69, 9.17) is 5.73 Å². The predicted octanol–water partition coefficient (Wildman–Crippen LogP) is 2.27. The van der Waals surface area contributed by atoms with Gasteiger partial charge >= 0.3 is 0 Å². The number of amides is 1. The highest BCUT2D eigenvalue weighted by atomic mass is 19.1. The Balaban J connectivity index is 1.99. The third kappa shape index (κ3) is 2.16. The number of benzene rings is 1. The first kappa shape index (κ1) is 12.7. The minimum atomic E-state index is -0.516. The Morgan fingerprint density at radius 2 is 2.15 bits per heavy atom. The van der Waals surface area contributed by atoms with Crippen LogP contribution < -0.4 is 10.6 Å². The lowest BCUT2D eigenvalue weighted by atomic mass is 9.96. The lowest BCUT2D eigenvalue weighted by molar-refractivity contribution is 0.0983. The topological polar surface area (TPSA) is 59.2 Å². The van der Waals surface area contributed by atoms with Crippen molar-refractivity contribution in [1.82, 2.24) is 4.98 Å². The fraction of sp³-hybridized carbons (Fsp3) is 0.200. The highest BCUT2D eigenvalue weighted by Crippen LogP contribution is 2.32. The molecule has 5 heteroatoms. The van der Waals surface area contributed by atoms with Crippen LogP contribution in [0.25, 0.3) is 0 Å². The van der Waals surface area contributed by atoms with Gasteiger partial charge in [-0.15, -0.1) is 0 Å². The Bertz CT molecular complexity index is 659. The summed E-state index contributed by atoms with van der Waals surface area (Å²) in [5.41, 5.74) is 8.04. The van der Waals surface area contributed by atoms with E-state index in [1.165, 1.54) is 12.3 Å². The van der Waals surface area contributed by atoms with Crippen LogP contribution in [-0.2, 0) is 0 Å². The molecule has 1 unspecified atom stereocenters. The molecule has 4 nitrogen and oxygen atoms in total. The normalized spacial score (nSPS) is 17.7. The molecule has 1 amide bonds. The Labute approximate surface area is 116 Å². The maximum Gasteiger partial charge on any atom is 0.259 e. The molecular weight excluding hydrogens is 257 g/mol. The second-order valence-electron chi connectivity index (χ2n) is 4.80. The van der Waals surface area contributed by atoms with Crippen LogP contribution in [0.2, 0.25) is 0 Å². The van der Waals surface area contributed by atoms with Crippen LogP contribution in [-0.4, -0.2) is 17.4 Å². The zero-order valence-electron chi connectivity index (χ0n) is 10.8. The van der Waals surface area contributed by atoms with Crippen LogP contribution in [0.5, 0.6) is 0 Å². The van der Waals surface area contributed by atoms with Gasteiger partial charge in [0.05, 0.1) is 11.8 Å². The number of hydrogen-bond donors (Lipinski definition) is 1. The number of carbonyl (C=O) groups is 1. The van der Waals surface area contributed by atoms with E-state index in [0.717, 1.165) is 17.4 Å². The number of rotatable bonds is 1. The van der Waals surface area contributed by atoms with Crippen molar-refractivity contribution >= 4 is 11.6 Å². The number of nitrogens with two attached hydrogens (primary N) is 1. The number of fused-ring (bicyclic) bond motifs is 1. The average molecular weight is 271 g/mol. The van der Waals surface area contributed by atoms with Gasteiger partial charge in [-0.25, -0.2) is 4.39 Å². The third-order valence-electron chi connectivity index (χ3n) is 3.49. The van der Waals surface area contributed by atoms with Gasteiger partial charge in [0.1, 0.15) is 5.82 Å². The largest absolute Gasteiger partial charge is 0.324 e. The molecule has 1 aliphatic heterocycles. The van der Waals surface area contributed by atoms with Crippen LogP contribution in [0.15, 0.2) is 42.7 Å². The molecule has 3 rings (SSSR count). The molecule has 2 N–H and O–H groups in total. The quantitative estimate of drug-likeness (QED) is 0.865. The zero-order chi connectivity index (χ0) is 14.1. The minimum absolute atomic E-state index is 0.0686. The van der Waals surface area contributed by atoms with E-state index >= 15 is 0 Å². The second kappa shape index (κ2) is 5.02. The van der Waals surface area contributed by atoms with E-state index in [1.54, 1.807) is 4.90 Å². The van der Waals surface area contributed by atoms with Gasteiger partial charge in [-0.1, -0.05) is 18.2 Å². The van der Waals surface area contributed by atoms with Crippen molar-refractivity contribution in [3.63, 3.8) is 0 Å². The van der Waals surface area contributed by atoms with E-state index < -0.39 is 5.82 Å². The first-order valence-corrected chi connectivity index (χ1v) is 6.44. The van der Waals surface area contributed by atoms with E-state index in [9.17, 15) is 9.18 Å². The van der Waals surface area contributed by atoms with Gasteiger partial charge in [-0.3, -0.25) is 9.78 Å². The number of para-hydroxylation sites is 1. The van der Waals surface area contributed by atoms with Crippen molar-refractivity contribution in [3.8, 4) is 0 Å². The molecule has 20 heavy (non-hydrogen) atoms. The van der Waals surface area contributed by atoms with Gasteiger partial charge in [0.15, 0.2) is 0 Å². The number of anilines is 1. The van der Waals surface area contributed by atoms with Crippen molar-refractivity contribution in [3.05, 3.63) is 59.7 Å². The Kier molecular flexibility index (Phi) is 3.20. The number of hydrogen-bond acceptors (Lipinski definition) is 3. The lowest BCUT2D eigenvalue weighted by Gasteiger charge is -2.32. The Morgan fingerprint density at radius 3 is 2.95 bits per heavy atom. The van der Waals surface area contributed by atoms with Crippen LogP contribution in [0.3, 0.4) is 0 Å². The summed E-state index contributed by atoms with van der Waals surface area (Å²) in [6, 6.07) is 8.67.